The van der Waals surface area contributed by atoms with E-state index >= 15 is 0 Å². The molecule has 0 aromatic heterocycles. The first-order valence-corrected chi connectivity index (χ1v) is 5.98. The Bertz CT molecular complexity index is 299. The number of hydrogen-bond acceptors (Lipinski definition) is 2. The number of nitrogens with two attached hydrogens (primary N) is 1. The predicted molar refractivity (Wildman–Crippen MR) is 68.3 cm³/mol. The fraction of sp³-hybridized carbons (Fsp3) is 0.571. The molecular weight excluding hydrogens is 198 g/mol. The van der Waals surface area contributed by atoms with E-state index in [1.165, 1.54) is 5.56 Å². The van der Waals surface area contributed by atoms with Crippen LogP contribution >= 0.6 is 0 Å². The lowest BCUT2D eigenvalue weighted by Gasteiger charge is -2.35. The lowest BCUT2D eigenvalue weighted by atomic mass is 9.76. The molecule has 0 fully saturated rings. The van der Waals surface area contributed by atoms with Gasteiger partial charge in [-0.05, 0) is 24.3 Å². The van der Waals surface area contributed by atoms with Gasteiger partial charge in [0.15, 0.2) is 0 Å². The van der Waals surface area contributed by atoms with E-state index in [0.717, 1.165) is 19.4 Å². The van der Waals surface area contributed by atoms with Crippen LogP contribution in [0, 0.1) is 5.92 Å². The summed E-state index contributed by atoms with van der Waals surface area (Å²) >= 11 is 0. The molecule has 1 aromatic carbocycles. The minimum Gasteiger partial charge on any atom is -0.385 e. The molecule has 0 saturated heterocycles. The first-order valence-electron chi connectivity index (χ1n) is 5.98. The Kier molecular flexibility index (Phi) is 4.97. The molecule has 1 aromatic rings. The van der Waals surface area contributed by atoms with Gasteiger partial charge in [0.05, 0.1) is 0 Å². The topological polar surface area (TPSA) is 35.2 Å². The van der Waals surface area contributed by atoms with Gasteiger partial charge in [0, 0.05) is 19.3 Å². The summed E-state index contributed by atoms with van der Waals surface area (Å²) in [5.74, 6) is 0.417. The molecule has 0 saturated carbocycles. The molecule has 90 valence electrons. The van der Waals surface area contributed by atoms with Crippen molar-refractivity contribution in [1.29, 1.82) is 0 Å². The Morgan fingerprint density at radius 2 is 1.94 bits per heavy atom. The highest BCUT2D eigenvalue weighted by Crippen LogP contribution is 2.32. The summed E-state index contributed by atoms with van der Waals surface area (Å²) < 4.78 is 5.13. The molecule has 0 radical (unpaired) electrons. The smallest absolute Gasteiger partial charge is 0.0465 e. The number of methoxy groups -OCH3 is 1. The number of ether oxygens (including phenoxy) is 1. The van der Waals surface area contributed by atoms with Crippen LogP contribution in [0.1, 0.15) is 32.3 Å². The van der Waals surface area contributed by atoms with E-state index in [1.807, 2.05) is 6.07 Å². The first kappa shape index (κ1) is 13.2. The number of hydrogen-bond donors (Lipinski definition) is 1. The van der Waals surface area contributed by atoms with Gasteiger partial charge in [-0.1, -0.05) is 44.2 Å². The van der Waals surface area contributed by atoms with Crippen molar-refractivity contribution in [2.75, 3.05) is 13.7 Å². The van der Waals surface area contributed by atoms with Crippen LogP contribution < -0.4 is 5.73 Å². The SMILES string of the molecule is CCC(N)(c1ccccc1)C(C)CCOC. The third-order valence-corrected chi connectivity index (χ3v) is 3.53. The van der Waals surface area contributed by atoms with Gasteiger partial charge in [0.25, 0.3) is 0 Å². The van der Waals surface area contributed by atoms with Crippen molar-refractivity contribution in [3.63, 3.8) is 0 Å². The maximum Gasteiger partial charge on any atom is 0.0465 e. The van der Waals surface area contributed by atoms with Crippen LogP contribution in [0.3, 0.4) is 0 Å². The largest absolute Gasteiger partial charge is 0.385 e. The van der Waals surface area contributed by atoms with Crippen molar-refractivity contribution in [1.82, 2.24) is 0 Å². The second-order valence-electron chi connectivity index (χ2n) is 4.44. The van der Waals surface area contributed by atoms with Crippen LogP contribution in [0.25, 0.3) is 0 Å². The minimum atomic E-state index is -0.236. The Hall–Kier alpha value is -0.860. The van der Waals surface area contributed by atoms with Crippen molar-refractivity contribution in [2.45, 2.75) is 32.2 Å². The zero-order valence-corrected chi connectivity index (χ0v) is 10.6. The zero-order chi connectivity index (χ0) is 12.0. The molecular formula is C14H23NO. The van der Waals surface area contributed by atoms with Gasteiger partial charge in [-0.3, -0.25) is 0 Å². The van der Waals surface area contributed by atoms with Crippen molar-refractivity contribution >= 4 is 0 Å². The van der Waals surface area contributed by atoms with Crippen LogP contribution in [0.5, 0.6) is 0 Å². The van der Waals surface area contributed by atoms with Gasteiger partial charge in [-0.15, -0.1) is 0 Å². The molecule has 2 unspecified atom stereocenters. The first-order chi connectivity index (χ1) is 7.65. The standard InChI is InChI=1S/C14H23NO/c1-4-14(15,12(2)10-11-16-3)13-8-6-5-7-9-13/h5-9,12H,4,10-11,15H2,1-3H3. The fourth-order valence-corrected chi connectivity index (χ4v) is 2.14. The Morgan fingerprint density at radius 3 is 2.44 bits per heavy atom. The molecule has 0 bridgehead atoms. The summed E-state index contributed by atoms with van der Waals surface area (Å²) in [6, 6.07) is 10.4. The Balaban J connectivity index is 2.84. The van der Waals surface area contributed by atoms with Crippen LogP contribution in [0.15, 0.2) is 30.3 Å². The average molecular weight is 221 g/mol. The molecule has 0 amide bonds. The van der Waals surface area contributed by atoms with Crippen molar-refractivity contribution in [3.8, 4) is 0 Å². The third kappa shape index (κ3) is 2.83. The fourth-order valence-electron chi connectivity index (χ4n) is 2.14. The van der Waals surface area contributed by atoms with E-state index in [4.69, 9.17) is 10.5 Å². The van der Waals surface area contributed by atoms with Crippen LogP contribution in [0.2, 0.25) is 0 Å². The molecule has 16 heavy (non-hydrogen) atoms. The van der Waals surface area contributed by atoms with Gasteiger partial charge >= 0.3 is 0 Å². The van der Waals surface area contributed by atoms with Crippen molar-refractivity contribution in [3.05, 3.63) is 35.9 Å². The molecule has 0 aliphatic rings. The van der Waals surface area contributed by atoms with Gasteiger partial charge in [0.1, 0.15) is 0 Å². The van der Waals surface area contributed by atoms with E-state index in [9.17, 15) is 0 Å². The lowest BCUT2D eigenvalue weighted by Crippen LogP contribution is -2.42. The predicted octanol–water partition coefficient (Wildman–Crippen LogP) is 2.92. The summed E-state index contributed by atoms with van der Waals surface area (Å²) in [7, 11) is 1.74. The maximum absolute atomic E-state index is 6.55. The van der Waals surface area contributed by atoms with E-state index in [0.29, 0.717) is 5.92 Å². The molecule has 2 N–H and O–H groups in total. The molecule has 1 rings (SSSR count). The third-order valence-electron chi connectivity index (χ3n) is 3.53. The van der Waals surface area contributed by atoms with E-state index in [-0.39, 0.29) is 5.54 Å². The minimum absolute atomic E-state index is 0.236. The highest BCUT2D eigenvalue weighted by Gasteiger charge is 2.31. The van der Waals surface area contributed by atoms with Gasteiger partial charge in [-0.25, -0.2) is 0 Å². The van der Waals surface area contributed by atoms with E-state index in [1.54, 1.807) is 7.11 Å². The summed E-state index contributed by atoms with van der Waals surface area (Å²) in [5, 5.41) is 0. The Labute approximate surface area is 98.8 Å². The molecule has 2 heteroatoms. The number of benzene rings is 1. The van der Waals surface area contributed by atoms with Crippen LogP contribution in [-0.2, 0) is 10.3 Å². The second-order valence-corrected chi connectivity index (χ2v) is 4.44. The maximum atomic E-state index is 6.55. The van der Waals surface area contributed by atoms with Gasteiger partial charge in [0.2, 0.25) is 0 Å². The van der Waals surface area contributed by atoms with Crippen LogP contribution in [-0.4, -0.2) is 13.7 Å². The number of rotatable bonds is 6. The second kappa shape index (κ2) is 6.02. The van der Waals surface area contributed by atoms with Crippen molar-refractivity contribution in [2.24, 2.45) is 11.7 Å². The van der Waals surface area contributed by atoms with E-state index in [2.05, 4.69) is 38.1 Å². The highest BCUT2D eigenvalue weighted by atomic mass is 16.5. The molecule has 0 aliphatic carbocycles. The molecule has 0 heterocycles. The lowest BCUT2D eigenvalue weighted by molar-refractivity contribution is 0.152. The molecule has 2 atom stereocenters. The molecule has 2 nitrogen and oxygen atoms in total. The van der Waals surface area contributed by atoms with Crippen molar-refractivity contribution < 1.29 is 4.74 Å². The van der Waals surface area contributed by atoms with Gasteiger partial charge < -0.3 is 10.5 Å². The summed E-state index contributed by atoms with van der Waals surface area (Å²) in [6.45, 7) is 5.12. The monoisotopic (exact) mass is 221 g/mol. The van der Waals surface area contributed by atoms with Crippen LogP contribution in [0.4, 0.5) is 0 Å². The molecule has 0 aliphatic heterocycles. The Morgan fingerprint density at radius 1 is 1.31 bits per heavy atom. The molecule has 0 spiro atoms. The summed E-state index contributed by atoms with van der Waals surface area (Å²) in [5.41, 5.74) is 7.53. The normalized spacial score (nSPS) is 16.8. The average Bonchev–Trinajstić information content (AvgIpc) is 2.35. The summed E-state index contributed by atoms with van der Waals surface area (Å²) in [4.78, 5) is 0. The summed E-state index contributed by atoms with van der Waals surface area (Å²) in [6.07, 6.45) is 1.94. The van der Waals surface area contributed by atoms with Gasteiger partial charge in [-0.2, -0.15) is 0 Å². The quantitative estimate of drug-likeness (QED) is 0.801. The zero-order valence-electron chi connectivity index (χ0n) is 10.6. The van der Waals surface area contributed by atoms with E-state index < -0.39 is 0 Å². The highest BCUT2D eigenvalue weighted by molar-refractivity contribution is 5.24.